The van der Waals surface area contributed by atoms with Crippen LogP contribution in [0.5, 0.6) is 0 Å². The molecule has 0 bridgehead atoms. The topological polar surface area (TPSA) is 346 Å². The maximum Gasteiger partial charge on any atom is 2.00 e. The van der Waals surface area contributed by atoms with Gasteiger partial charge in [0.25, 0.3) is 0 Å². The summed E-state index contributed by atoms with van der Waals surface area (Å²) in [6, 6.07) is 9.11. The van der Waals surface area contributed by atoms with Crippen LogP contribution in [-0.4, -0.2) is 64.0 Å². The summed E-state index contributed by atoms with van der Waals surface area (Å²) in [7, 11) is -8.09. The second kappa shape index (κ2) is 18.0. The number of carbonyl (C=O) groups is 4. The first-order valence-electron chi connectivity index (χ1n) is 8.71. The zero-order valence-corrected chi connectivity index (χ0v) is 23.9. The monoisotopic (exact) mass is 637 g/mol. The molecule has 0 aliphatic carbocycles. The van der Waals surface area contributed by atoms with Crippen LogP contribution >= 0.6 is 0 Å². The van der Waals surface area contributed by atoms with E-state index in [0.29, 0.717) is 0 Å². The van der Waals surface area contributed by atoms with Gasteiger partial charge in [-0.1, -0.05) is 12.1 Å². The summed E-state index contributed by atoms with van der Waals surface area (Å²) in [6.07, 6.45) is 0. The van der Waals surface area contributed by atoms with E-state index >= 15 is 0 Å². The van der Waals surface area contributed by atoms with Gasteiger partial charge in [-0.15, -0.1) is 0 Å². The van der Waals surface area contributed by atoms with Crippen molar-refractivity contribution in [1.82, 2.24) is 9.44 Å². The second-order valence-corrected chi connectivity index (χ2v) is 9.59. The van der Waals surface area contributed by atoms with Crippen molar-refractivity contribution in [3.8, 4) is 0 Å². The number of rotatable bonds is 10. The molecule has 0 radical (unpaired) electrons. The van der Waals surface area contributed by atoms with Gasteiger partial charge in [0, 0.05) is 0 Å². The Morgan fingerprint density at radius 1 is 0.658 bits per heavy atom. The Bertz CT molecular complexity index is 1210. The Kier molecular flexibility index (Phi) is 19.8. The molecule has 17 nitrogen and oxygen atoms in total. The molecule has 0 heterocycles. The molecule has 2 aromatic rings. The molecule has 0 aliphatic rings. The first-order valence-corrected chi connectivity index (χ1v) is 11.7. The molecule has 2 rings (SSSR count). The van der Waals surface area contributed by atoms with Crippen LogP contribution in [0.15, 0.2) is 58.3 Å². The van der Waals surface area contributed by atoms with E-state index in [1.54, 1.807) is 9.44 Å². The molecular formula is C18H25N2O15S2Zn+3. The molecule has 0 spiro atoms. The van der Waals surface area contributed by atoms with Crippen LogP contribution in [0, 0.1) is 0 Å². The van der Waals surface area contributed by atoms with Crippen LogP contribution in [0.1, 0.15) is 20.7 Å². The maximum absolute atomic E-state index is 11.5. The molecule has 208 valence electrons. The SMILES string of the molecule is O=C([O-])CNS(=O)(=O)c1cccc(C(=O)O)c1.O=C([O-])CNS(=O)(=O)c1cccc(C(=O)O)c1.[OH3+].[OH3+].[OH3+].[Zn+2]. The van der Waals surface area contributed by atoms with Gasteiger partial charge >= 0.3 is 31.4 Å². The van der Waals surface area contributed by atoms with Crippen LogP contribution < -0.4 is 19.7 Å². The van der Waals surface area contributed by atoms with Crippen molar-refractivity contribution in [2.75, 3.05) is 13.1 Å². The molecule has 0 aliphatic heterocycles. The third kappa shape index (κ3) is 13.8. The van der Waals surface area contributed by atoms with Crippen molar-refractivity contribution in [3.05, 3.63) is 59.7 Å². The molecule has 0 atom stereocenters. The van der Waals surface area contributed by atoms with Gasteiger partial charge in [0.05, 0.1) is 45.9 Å². The van der Waals surface area contributed by atoms with Gasteiger partial charge in [0.15, 0.2) is 0 Å². The Hall–Kier alpha value is -3.36. The van der Waals surface area contributed by atoms with E-state index in [0.717, 1.165) is 24.3 Å². The van der Waals surface area contributed by atoms with Gasteiger partial charge in [-0.2, -0.15) is 0 Å². The summed E-state index contributed by atoms with van der Waals surface area (Å²) in [6.45, 7) is -1.75. The quantitative estimate of drug-likeness (QED) is 0.139. The average Bonchev–Trinajstić information content (AvgIpc) is 2.77. The summed E-state index contributed by atoms with van der Waals surface area (Å²) in [5.74, 6) is -5.71. The number of hydrogen-bond donors (Lipinski definition) is 4. The summed E-state index contributed by atoms with van der Waals surface area (Å²) in [5, 5.41) is 37.6. The number of carbonyl (C=O) groups excluding carboxylic acids is 2. The van der Waals surface area contributed by atoms with E-state index in [9.17, 15) is 46.2 Å². The predicted molar refractivity (Wildman–Crippen MR) is 122 cm³/mol. The second-order valence-electron chi connectivity index (χ2n) is 6.06. The van der Waals surface area contributed by atoms with Crippen LogP contribution in [0.25, 0.3) is 0 Å². The number of benzene rings is 2. The molecule has 2 aromatic carbocycles. The minimum atomic E-state index is -4.05. The molecule has 20 heteroatoms. The number of aromatic carboxylic acids is 2. The Balaban J connectivity index is -0.000000275. The summed E-state index contributed by atoms with van der Waals surface area (Å²) in [5.41, 5.74) is -0.414. The molecule has 0 saturated heterocycles. The van der Waals surface area contributed by atoms with Crippen molar-refractivity contribution in [2.45, 2.75) is 9.79 Å². The molecule has 38 heavy (non-hydrogen) atoms. The van der Waals surface area contributed by atoms with Gasteiger partial charge in [-0.3, -0.25) is 0 Å². The molecule has 0 fully saturated rings. The zero-order chi connectivity index (χ0) is 26.1. The summed E-state index contributed by atoms with van der Waals surface area (Å²) < 4.78 is 49.6. The van der Waals surface area contributed by atoms with E-state index in [-0.39, 0.29) is 56.8 Å². The fraction of sp³-hybridized carbons (Fsp3) is 0.111. The van der Waals surface area contributed by atoms with E-state index < -0.39 is 57.0 Å². The Morgan fingerprint density at radius 3 is 1.18 bits per heavy atom. The zero-order valence-electron chi connectivity index (χ0n) is 19.3. The van der Waals surface area contributed by atoms with Crippen molar-refractivity contribution >= 4 is 43.9 Å². The summed E-state index contributed by atoms with van der Waals surface area (Å²) in [4.78, 5) is 40.9. The normalized spacial score (nSPS) is 9.89. The number of carboxylic acids is 4. The van der Waals surface area contributed by atoms with Crippen molar-refractivity contribution in [3.63, 3.8) is 0 Å². The molecular weight excluding hydrogens is 614 g/mol. The van der Waals surface area contributed by atoms with Gasteiger partial charge in [-0.25, -0.2) is 35.9 Å². The van der Waals surface area contributed by atoms with Gasteiger partial charge < -0.3 is 46.4 Å². The van der Waals surface area contributed by atoms with Crippen LogP contribution in [-0.2, 0) is 65.5 Å². The van der Waals surface area contributed by atoms with Crippen LogP contribution in [0.2, 0.25) is 0 Å². The third-order valence-corrected chi connectivity index (χ3v) is 6.39. The first kappa shape index (κ1) is 41.8. The van der Waals surface area contributed by atoms with Crippen molar-refractivity contribution < 1.29 is 92.3 Å². The predicted octanol–water partition coefficient (Wildman–Crippen LogP) is -5.94. The number of hydrogen-bond acceptors (Lipinski definition) is 10. The summed E-state index contributed by atoms with van der Waals surface area (Å²) >= 11 is 0. The molecule has 0 saturated carbocycles. The minimum Gasteiger partial charge on any atom is -0.549 e. The first-order chi connectivity index (χ1) is 15.7. The van der Waals surface area contributed by atoms with E-state index in [4.69, 9.17) is 10.2 Å². The molecule has 13 N–H and O–H groups in total. The minimum absolute atomic E-state index is 0. The average molecular weight is 639 g/mol. The Morgan fingerprint density at radius 2 is 0.947 bits per heavy atom. The van der Waals surface area contributed by atoms with Crippen LogP contribution in [0.3, 0.4) is 0 Å². The van der Waals surface area contributed by atoms with E-state index in [1.807, 2.05) is 0 Å². The van der Waals surface area contributed by atoms with Crippen LogP contribution in [0.4, 0.5) is 0 Å². The van der Waals surface area contributed by atoms with E-state index in [2.05, 4.69) is 0 Å². The van der Waals surface area contributed by atoms with Crippen molar-refractivity contribution in [1.29, 1.82) is 0 Å². The number of carboxylic acid groups (broad SMARTS) is 4. The fourth-order valence-corrected chi connectivity index (χ4v) is 4.10. The third-order valence-electron chi connectivity index (χ3n) is 3.60. The molecule has 0 aromatic heterocycles. The van der Waals surface area contributed by atoms with E-state index in [1.165, 1.54) is 24.3 Å². The maximum atomic E-state index is 11.5. The Labute approximate surface area is 227 Å². The molecule has 0 unspecified atom stereocenters. The fourth-order valence-electron chi connectivity index (χ4n) is 2.07. The largest absolute Gasteiger partial charge is 2.00 e. The number of nitrogens with one attached hydrogen (secondary N) is 2. The van der Waals surface area contributed by atoms with Crippen molar-refractivity contribution in [2.24, 2.45) is 0 Å². The van der Waals surface area contributed by atoms with Gasteiger partial charge in [0.2, 0.25) is 20.0 Å². The van der Waals surface area contributed by atoms with Gasteiger partial charge in [-0.05, 0) is 36.4 Å². The molecule has 0 amide bonds. The smallest absolute Gasteiger partial charge is 0.549 e. The van der Waals surface area contributed by atoms with Gasteiger partial charge in [0.1, 0.15) is 0 Å². The number of sulfonamides is 2. The standard InChI is InChI=1S/2C9H9NO6S.3H2O.Zn/c2*11-8(12)5-10-17(15,16)7-3-1-2-6(4-7)9(13)14;;;;/h2*1-4,10H,5H2,(H,11,12)(H,13,14);3*1H2;/q;;;;;+2/p+1. The number of aliphatic carboxylic acids is 2.